The van der Waals surface area contributed by atoms with Crippen LogP contribution in [0.4, 0.5) is 0 Å². The summed E-state index contributed by atoms with van der Waals surface area (Å²) in [7, 11) is -3.62. The molecule has 4 saturated carbocycles. The number of amides is 1. The van der Waals surface area contributed by atoms with Crippen LogP contribution in [0, 0.1) is 31.1 Å². The molecule has 6 rings (SSSR count). The van der Waals surface area contributed by atoms with Crippen molar-refractivity contribution in [3.63, 3.8) is 0 Å². The number of piperazine rings is 1. The van der Waals surface area contributed by atoms with E-state index in [0.29, 0.717) is 28.7 Å². The Hall–Kier alpha value is -1.64. The van der Waals surface area contributed by atoms with Crippen molar-refractivity contribution in [2.24, 2.45) is 17.3 Å². The van der Waals surface area contributed by atoms with Crippen LogP contribution in [-0.4, -0.2) is 67.2 Å². The average Bonchev–Trinajstić information content (AvgIpc) is 2.75. The van der Waals surface area contributed by atoms with E-state index in [4.69, 9.17) is 16.3 Å². The van der Waals surface area contributed by atoms with Gasteiger partial charge in [-0.25, -0.2) is 8.42 Å². The molecule has 0 N–H and O–H groups in total. The Morgan fingerprint density at radius 1 is 1.06 bits per heavy atom. The number of hydrogen-bond donors (Lipinski definition) is 0. The minimum Gasteiger partial charge on any atom is -0.455 e. The first-order valence-electron chi connectivity index (χ1n) is 12.2. The summed E-state index contributed by atoms with van der Waals surface area (Å²) in [4.78, 5) is 27.5. The van der Waals surface area contributed by atoms with Crippen LogP contribution in [0.5, 0.6) is 0 Å². The van der Waals surface area contributed by atoms with E-state index in [9.17, 15) is 18.0 Å². The molecule has 4 bridgehead atoms. The van der Waals surface area contributed by atoms with Gasteiger partial charge in [-0.15, -0.1) is 11.6 Å². The summed E-state index contributed by atoms with van der Waals surface area (Å²) in [5, 5.41) is 0. The molecule has 1 heterocycles. The zero-order valence-corrected chi connectivity index (χ0v) is 21.5. The smallest absolute Gasteiger partial charge is 0.312 e. The predicted molar refractivity (Wildman–Crippen MR) is 128 cm³/mol. The number of carbonyl (C=O) groups is 2. The highest BCUT2D eigenvalue weighted by Gasteiger charge is 2.60. The topological polar surface area (TPSA) is 84.0 Å². The van der Waals surface area contributed by atoms with E-state index >= 15 is 0 Å². The van der Waals surface area contributed by atoms with Gasteiger partial charge in [0.25, 0.3) is 5.91 Å². The van der Waals surface area contributed by atoms with E-state index in [0.717, 1.165) is 37.7 Å². The van der Waals surface area contributed by atoms with Gasteiger partial charge < -0.3 is 9.64 Å². The Morgan fingerprint density at radius 3 is 2.29 bits per heavy atom. The number of halogens is 1. The molecule has 9 heteroatoms. The zero-order valence-electron chi connectivity index (χ0n) is 19.9. The lowest BCUT2D eigenvalue weighted by Gasteiger charge is -2.58. The van der Waals surface area contributed by atoms with E-state index < -0.39 is 15.4 Å². The van der Waals surface area contributed by atoms with Gasteiger partial charge in [-0.2, -0.15) is 4.31 Å². The quantitative estimate of drug-likeness (QED) is 0.450. The fourth-order valence-electron chi connectivity index (χ4n) is 7.17. The van der Waals surface area contributed by atoms with Gasteiger partial charge in [-0.3, -0.25) is 9.59 Å². The SMILES string of the molecule is Cc1ccc(S(=O)(=O)N2CCN(C(=O)COC(=O)C34C[C@@H]5C[C@@H](CC(Cl)(C5)C3)C4)CC2)c(C)c1. The lowest BCUT2D eigenvalue weighted by molar-refractivity contribution is -0.173. The third-order valence-corrected chi connectivity index (χ3v) is 10.8. The van der Waals surface area contributed by atoms with Crippen molar-refractivity contribution < 1.29 is 22.7 Å². The van der Waals surface area contributed by atoms with Gasteiger partial charge in [0.15, 0.2) is 6.61 Å². The van der Waals surface area contributed by atoms with Crippen LogP contribution in [0.15, 0.2) is 23.1 Å². The fourth-order valence-corrected chi connectivity index (χ4v) is 9.49. The van der Waals surface area contributed by atoms with Crippen molar-refractivity contribution >= 4 is 33.5 Å². The summed E-state index contributed by atoms with van der Waals surface area (Å²) < 4.78 is 33.2. The molecule has 1 aromatic carbocycles. The number of aryl methyl sites for hydroxylation is 2. The van der Waals surface area contributed by atoms with E-state index in [2.05, 4.69) is 0 Å². The van der Waals surface area contributed by atoms with E-state index in [-0.39, 0.29) is 49.5 Å². The molecule has 7 nitrogen and oxygen atoms in total. The van der Waals surface area contributed by atoms with Crippen LogP contribution in [0.25, 0.3) is 0 Å². The normalized spacial score (nSPS) is 33.2. The number of carbonyl (C=O) groups excluding carboxylic acids is 2. The van der Waals surface area contributed by atoms with Crippen molar-refractivity contribution in [3.8, 4) is 0 Å². The van der Waals surface area contributed by atoms with Gasteiger partial charge in [-0.1, -0.05) is 17.7 Å². The molecule has 5 aliphatic rings. The van der Waals surface area contributed by atoms with Crippen LogP contribution >= 0.6 is 11.6 Å². The third-order valence-electron chi connectivity index (χ3n) is 8.29. The first kappa shape index (κ1) is 24.1. The largest absolute Gasteiger partial charge is 0.455 e. The lowest BCUT2D eigenvalue weighted by Crippen LogP contribution is -2.56. The third kappa shape index (κ3) is 4.26. The number of benzene rings is 1. The molecule has 5 fully saturated rings. The number of sulfonamides is 1. The zero-order chi connectivity index (χ0) is 24.3. The summed E-state index contributed by atoms with van der Waals surface area (Å²) in [5.41, 5.74) is 1.19. The molecule has 0 aromatic heterocycles. The Labute approximate surface area is 206 Å². The molecule has 0 spiro atoms. The number of ether oxygens (including phenoxy) is 1. The van der Waals surface area contributed by atoms with Crippen molar-refractivity contribution in [1.82, 2.24) is 9.21 Å². The Balaban J connectivity index is 1.16. The average molecular weight is 509 g/mol. The highest BCUT2D eigenvalue weighted by atomic mass is 35.5. The molecule has 0 radical (unpaired) electrons. The van der Waals surface area contributed by atoms with Crippen LogP contribution in [0.3, 0.4) is 0 Å². The maximum atomic E-state index is 13.1. The summed E-state index contributed by atoms with van der Waals surface area (Å²) >= 11 is 6.82. The Kier molecular flexibility index (Phi) is 6.01. The molecule has 1 aromatic rings. The maximum absolute atomic E-state index is 13.1. The van der Waals surface area contributed by atoms with Crippen LogP contribution < -0.4 is 0 Å². The minimum atomic E-state index is -3.62. The molecule has 1 saturated heterocycles. The molecule has 1 amide bonds. The van der Waals surface area contributed by atoms with E-state index in [1.807, 2.05) is 13.0 Å². The number of nitrogens with zero attached hydrogens (tertiary/aromatic N) is 2. The summed E-state index contributed by atoms with van der Waals surface area (Å²) in [5.74, 6) is 0.404. The molecule has 4 aliphatic carbocycles. The highest BCUT2D eigenvalue weighted by molar-refractivity contribution is 7.89. The molecular formula is C25H33ClN2O5S. The fraction of sp³-hybridized carbons (Fsp3) is 0.680. The monoisotopic (exact) mass is 508 g/mol. The van der Waals surface area contributed by atoms with Crippen molar-refractivity contribution in [3.05, 3.63) is 29.3 Å². The molecular weight excluding hydrogens is 476 g/mol. The van der Waals surface area contributed by atoms with Crippen LogP contribution in [0.2, 0.25) is 0 Å². The van der Waals surface area contributed by atoms with Crippen molar-refractivity contribution in [2.75, 3.05) is 32.8 Å². The predicted octanol–water partition coefficient (Wildman–Crippen LogP) is 3.26. The molecule has 1 aliphatic heterocycles. The van der Waals surface area contributed by atoms with Crippen molar-refractivity contribution in [2.45, 2.75) is 62.1 Å². The second-order valence-electron chi connectivity index (χ2n) is 11.0. The van der Waals surface area contributed by atoms with Crippen molar-refractivity contribution in [1.29, 1.82) is 0 Å². The first-order chi connectivity index (χ1) is 16.0. The summed E-state index contributed by atoms with van der Waals surface area (Å²) in [6, 6.07) is 5.30. The number of alkyl halides is 1. The summed E-state index contributed by atoms with van der Waals surface area (Å²) in [6.07, 6.45) is 5.40. The van der Waals surface area contributed by atoms with Crippen LogP contribution in [0.1, 0.15) is 49.7 Å². The highest BCUT2D eigenvalue weighted by Crippen LogP contribution is 2.64. The standard InChI is InChI=1S/C25H33ClN2O5S/c1-17-3-4-21(18(2)9-17)34(31,32)28-7-5-27(6-8-28)22(29)15-33-23(30)24-11-19-10-20(12-24)14-25(26,13-19)16-24/h3-4,9,19-20H,5-8,10-16H2,1-2H3/t19-,20+,24?,25?. The molecule has 186 valence electrons. The second-order valence-corrected chi connectivity index (χ2v) is 13.7. The Bertz CT molecular complexity index is 1100. The summed E-state index contributed by atoms with van der Waals surface area (Å²) in [6.45, 7) is 4.42. The van der Waals surface area contributed by atoms with Gasteiger partial charge >= 0.3 is 5.97 Å². The van der Waals surface area contributed by atoms with E-state index in [1.54, 1.807) is 24.0 Å². The second kappa shape index (κ2) is 8.49. The molecule has 34 heavy (non-hydrogen) atoms. The van der Waals surface area contributed by atoms with Gasteiger partial charge in [0, 0.05) is 31.1 Å². The van der Waals surface area contributed by atoms with E-state index in [1.165, 1.54) is 4.31 Å². The lowest BCUT2D eigenvalue weighted by atomic mass is 9.49. The maximum Gasteiger partial charge on any atom is 0.312 e. The molecule has 4 atom stereocenters. The van der Waals surface area contributed by atoms with Gasteiger partial charge in [0.2, 0.25) is 10.0 Å². The first-order valence-corrected chi connectivity index (χ1v) is 14.0. The minimum absolute atomic E-state index is 0.220. The van der Waals surface area contributed by atoms with Gasteiger partial charge in [0.1, 0.15) is 0 Å². The van der Waals surface area contributed by atoms with Crippen LogP contribution in [-0.2, 0) is 24.3 Å². The Morgan fingerprint density at radius 2 is 1.71 bits per heavy atom. The number of rotatable bonds is 5. The number of esters is 1. The molecule has 2 unspecified atom stereocenters. The van der Waals surface area contributed by atoms with Gasteiger partial charge in [-0.05, 0) is 75.8 Å². The number of hydrogen-bond acceptors (Lipinski definition) is 5. The van der Waals surface area contributed by atoms with Gasteiger partial charge in [0.05, 0.1) is 10.3 Å².